The van der Waals surface area contributed by atoms with Crippen molar-refractivity contribution in [2.45, 2.75) is 26.7 Å². The van der Waals surface area contributed by atoms with E-state index in [9.17, 15) is 4.79 Å². The first-order valence-electron chi connectivity index (χ1n) is 8.48. The zero-order chi connectivity index (χ0) is 17.6. The third kappa shape index (κ3) is 4.15. The summed E-state index contributed by atoms with van der Waals surface area (Å²) in [4.78, 5) is 11.7. The summed E-state index contributed by atoms with van der Waals surface area (Å²) < 4.78 is 10.6. The molecular weight excluding hydrogens is 314 g/mol. The first-order valence-corrected chi connectivity index (χ1v) is 8.48. The van der Waals surface area contributed by atoms with Crippen LogP contribution in [0.1, 0.15) is 30.9 Å². The fraction of sp³-hybridized carbons (Fsp3) is 0.238. The van der Waals surface area contributed by atoms with E-state index in [0.29, 0.717) is 6.61 Å². The molecule has 0 N–H and O–H groups in total. The van der Waals surface area contributed by atoms with Gasteiger partial charge in [0.05, 0.1) is 12.0 Å². The molecule has 0 aliphatic heterocycles. The minimum atomic E-state index is -0.322. The van der Waals surface area contributed by atoms with E-state index >= 15 is 0 Å². The first kappa shape index (κ1) is 17.0. The molecule has 128 valence electrons. The van der Waals surface area contributed by atoms with Crippen LogP contribution >= 0.6 is 0 Å². The molecule has 4 nitrogen and oxygen atoms in total. The van der Waals surface area contributed by atoms with Crippen LogP contribution in [-0.2, 0) is 9.53 Å². The van der Waals surface area contributed by atoms with Gasteiger partial charge in [0, 0.05) is 11.6 Å². The fourth-order valence-electron chi connectivity index (χ4n) is 2.51. The Bertz CT molecular complexity index is 891. The molecule has 0 radical (unpaired) electrons. The number of ether oxygens (including phenoxy) is 1. The molecule has 0 bridgehead atoms. The number of fused-ring (bicyclic) bond motifs is 1. The summed E-state index contributed by atoms with van der Waals surface area (Å²) in [6, 6.07) is 13.9. The number of aryl methyl sites for hydroxylation is 1. The lowest BCUT2D eigenvalue weighted by molar-refractivity contribution is -0.137. The minimum absolute atomic E-state index is 0.322. The van der Waals surface area contributed by atoms with Crippen molar-refractivity contribution in [1.82, 2.24) is 5.16 Å². The highest BCUT2D eigenvalue weighted by atomic mass is 16.5. The Kier molecular flexibility index (Phi) is 5.29. The smallest absolute Gasteiger partial charge is 0.330 e. The van der Waals surface area contributed by atoms with Gasteiger partial charge in [0.15, 0.2) is 5.76 Å². The molecule has 1 aromatic heterocycles. The third-order valence-corrected chi connectivity index (χ3v) is 3.97. The van der Waals surface area contributed by atoms with Gasteiger partial charge in [0.1, 0.15) is 5.52 Å². The quantitative estimate of drug-likeness (QED) is 0.355. The van der Waals surface area contributed by atoms with Gasteiger partial charge in [-0.1, -0.05) is 54.4 Å². The van der Waals surface area contributed by atoms with Crippen molar-refractivity contribution in [3.63, 3.8) is 0 Å². The summed E-state index contributed by atoms with van der Waals surface area (Å²) in [7, 11) is 0. The van der Waals surface area contributed by atoms with Crippen LogP contribution in [0, 0.1) is 6.92 Å². The van der Waals surface area contributed by atoms with Crippen LogP contribution in [0.25, 0.3) is 28.3 Å². The molecule has 0 fully saturated rings. The molecule has 0 spiro atoms. The van der Waals surface area contributed by atoms with E-state index < -0.39 is 0 Å². The van der Waals surface area contributed by atoms with Crippen molar-refractivity contribution in [2.75, 3.05) is 6.61 Å². The Hall–Kier alpha value is -2.88. The summed E-state index contributed by atoms with van der Waals surface area (Å²) in [5.74, 6) is 0.411. The average Bonchev–Trinajstić information content (AvgIpc) is 3.04. The van der Waals surface area contributed by atoms with Gasteiger partial charge in [-0.2, -0.15) is 0 Å². The molecule has 0 amide bonds. The van der Waals surface area contributed by atoms with Crippen LogP contribution in [0.15, 0.2) is 53.1 Å². The molecule has 0 saturated carbocycles. The summed E-state index contributed by atoms with van der Waals surface area (Å²) in [5.41, 5.74) is 3.86. The molecule has 0 unspecified atom stereocenters. The topological polar surface area (TPSA) is 52.3 Å². The highest BCUT2D eigenvalue weighted by Gasteiger charge is 2.10. The van der Waals surface area contributed by atoms with E-state index in [1.54, 1.807) is 6.08 Å². The van der Waals surface area contributed by atoms with E-state index in [1.807, 2.05) is 49.4 Å². The Labute approximate surface area is 147 Å². The number of hydrogen-bond donors (Lipinski definition) is 0. The average molecular weight is 335 g/mol. The monoisotopic (exact) mass is 335 g/mol. The molecule has 0 atom stereocenters. The van der Waals surface area contributed by atoms with Crippen molar-refractivity contribution >= 4 is 22.9 Å². The number of esters is 1. The van der Waals surface area contributed by atoms with E-state index in [0.717, 1.165) is 40.6 Å². The Morgan fingerprint density at radius 1 is 1.20 bits per heavy atom. The minimum Gasteiger partial charge on any atom is -0.463 e. The predicted molar refractivity (Wildman–Crippen MR) is 99.1 cm³/mol. The molecule has 0 aliphatic rings. The Morgan fingerprint density at radius 2 is 2.00 bits per heavy atom. The Morgan fingerprint density at radius 3 is 2.76 bits per heavy atom. The zero-order valence-corrected chi connectivity index (χ0v) is 14.5. The van der Waals surface area contributed by atoms with Crippen LogP contribution < -0.4 is 0 Å². The van der Waals surface area contributed by atoms with Gasteiger partial charge < -0.3 is 9.26 Å². The maximum Gasteiger partial charge on any atom is 0.330 e. The number of hydrogen-bond acceptors (Lipinski definition) is 4. The molecule has 1 heterocycles. The number of carbonyl (C=O) groups excluding carboxylic acids is 1. The second-order valence-corrected chi connectivity index (χ2v) is 6.01. The molecule has 0 saturated heterocycles. The second-order valence-electron chi connectivity index (χ2n) is 6.01. The summed E-state index contributed by atoms with van der Waals surface area (Å²) >= 11 is 0. The van der Waals surface area contributed by atoms with E-state index in [2.05, 4.69) is 12.1 Å². The van der Waals surface area contributed by atoms with Crippen LogP contribution in [0.2, 0.25) is 0 Å². The van der Waals surface area contributed by atoms with E-state index in [-0.39, 0.29) is 5.97 Å². The third-order valence-electron chi connectivity index (χ3n) is 3.97. The SMILES string of the molecule is CCCCOC(=O)/C=C/c1ccc2noc(-c3ccc(C)cc3)c2c1. The number of rotatable bonds is 6. The van der Waals surface area contributed by atoms with Crippen LogP contribution in [0.4, 0.5) is 0 Å². The van der Waals surface area contributed by atoms with E-state index in [1.165, 1.54) is 11.6 Å². The van der Waals surface area contributed by atoms with Crippen LogP contribution in [-0.4, -0.2) is 17.7 Å². The fourth-order valence-corrected chi connectivity index (χ4v) is 2.51. The predicted octanol–water partition coefficient (Wildman–Crippen LogP) is 5.16. The normalized spacial score (nSPS) is 11.3. The van der Waals surface area contributed by atoms with Gasteiger partial charge in [-0.25, -0.2) is 4.79 Å². The molecule has 25 heavy (non-hydrogen) atoms. The van der Waals surface area contributed by atoms with Gasteiger partial charge in [0.25, 0.3) is 0 Å². The molecule has 3 aromatic rings. The Balaban J connectivity index is 1.83. The molecule has 4 heteroatoms. The maximum absolute atomic E-state index is 11.7. The maximum atomic E-state index is 11.7. The second kappa shape index (κ2) is 7.79. The zero-order valence-electron chi connectivity index (χ0n) is 14.5. The first-order chi connectivity index (χ1) is 12.2. The summed E-state index contributed by atoms with van der Waals surface area (Å²) in [6.45, 7) is 4.57. The van der Waals surface area contributed by atoms with Gasteiger partial charge >= 0.3 is 5.97 Å². The molecular formula is C21H21NO3. The largest absolute Gasteiger partial charge is 0.463 e. The lowest BCUT2D eigenvalue weighted by Crippen LogP contribution is -2.01. The van der Waals surface area contributed by atoms with Crippen molar-refractivity contribution in [3.8, 4) is 11.3 Å². The number of nitrogens with zero attached hydrogens (tertiary/aromatic N) is 1. The van der Waals surface area contributed by atoms with Gasteiger partial charge in [0.2, 0.25) is 0 Å². The number of aromatic nitrogens is 1. The van der Waals surface area contributed by atoms with Crippen molar-refractivity contribution < 1.29 is 14.1 Å². The lowest BCUT2D eigenvalue weighted by Gasteiger charge is -2.00. The number of benzene rings is 2. The molecule has 0 aliphatic carbocycles. The molecule has 2 aromatic carbocycles. The molecule has 3 rings (SSSR count). The van der Waals surface area contributed by atoms with Crippen LogP contribution in [0.3, 0.4) is 0 Å². The highest BCUT2D eigenvalue weighted by molar-refractivity contribution is 5.94. The van der Waals surface area contributed by atoms with Gasteiger partial charge in [-0.15, -0.1) is 0 Å². The van der Waals surface area contributed by atoms with Crippen molar-refractivity contribution in [3.05, 3.63) is 59.7 Å². The summed E-state index contributed by atoms with van der Waals surface area (Å²) in [5, 5.41) is 5.03. The van der Waals surface area contributed by atoms with Crippen LogP contribution in [0.5, 0.6) is 0 Å². The number of carbonyl (C=O) groups is 1. The van der Waals surface area contributed by atoms with Gasteiger partial charge in [-0.3, -0.25) is 0 Å². The lowest BCUT2D eigenvalue weighted by atomic mass is 10.0. The van der Waals surface area contributed by atoms with E-state index in [4.69, 9.17) is 9.26 Å². The standard InChI is InChI=1S/C21H21NO3/c1-3-4-13-24-20(23)12-8-16-7-11-19-18(14-16)21(25-22-19)17-9-5-15(2)6-10-17/h5-12,14H,3-4,13H2,1-2H3/b12-8+. The van der Waals surface area contributed by atoms with Crippen molar-refractivity contribution in [1.29, 1.82) is 0 Å². The van der Waals surface area contributed by atoms with Gasteiger partial charge in [-0.05, 0) is 37.1 Å². The summed E-state index contributed by atoms with van der Waals surface area (Å²) in [6.07, 6.45) is 5.09. The number of unbranched alkanes of at least 4 members (excludes halogenated alkanes) is 1. The highest BCUT2D eigenvalue weighted by Crippen LogP contribution is 2.29. The van der Waals surface area contributed by atoms with Crippen molar-refractivity contribution in [2.24, 2.45) is 0 Å².